The van der Waals surface area contributed by atoms with Crippen molar-refractivity contribution < 1.29 is 9.15 Å². The van der Waals surface area contributed by atoms with E-state index in [0.29, 0.717) is 0 Å². The summed E-state index contributed by atoms with van der Waals surface area (Å²) >= 11 is 0. The van der Waals surface area contributed by atoms with Crippen molar-refractivity contribution in [2.24, 2.45) is 0 Å². The molecule has 6 aromatic carbocycles. The molecule has 4 aliphatic rings. The molecule has 71 heavy (non-hydrogen) atoms. The van der Waals surface area contributed by atoms with Gasteiger partial charge in [0.15, 0.2) is 7.05 Å². The van der Waals surface area contributed by atoms with Crippen LogP contribution in [-0.4, -0.2) is 42.1 Å². The van der Waals surface area contributed by atoms with E-state index in [1.165, 1.54) is 22.3 Å². The van der Waals surface area contributed by atoms with Gasteiger partial charge in [-0.15, -0.1) is 0 Å². The summed E-state index contributed by atoms with van der Waals surface area (Å²) < 4.78 is 4.25. The number of aryl methyl sites for hydroxylation is 2. The zero-order chi connectivity index (χ0) is 47.5. The summed E-state index contributed by atoms with van der Waals surface area (Å²) in [5, 5.41) is 0. The van der Waals surface area contributed by atoms with Gasteiger partial charge in [0.1, 0.15) is 0 Å². The molecular formula is C65H46N6+2. The number of hydrogen-bond acceptors (Lipinski definition) is 4. The summed E-state index contributed by atoms with van der Waals surface area (Å²) in [6.45, 7) is 4.40. The molecule has 0 bridgehead atoms. The number of nitrogens with zero attached hydrogens (tertiary/aromatic N) is 6. The molecule has 1 aliphatic heterocycles. The molecule has 3 unspecified atom stereocenters. The molecule has 6 heteroatoms. The van der Waals surface area contributed by atoms with Crippen LogP contribution in [0.1, 0.15) is 72.5 Å². The first-order valence-corrected chi connectivity index (χ1v) is 24.3. The fraction of sp³-hybridized carbons (Fsp3) is 0.0923. The summed E-state index contributed by atoms with van der Waals surface area (Å²) in [7, 11) is 2.03. The summed E-state index contributed by atoms with van der Waals surface area (Å²) in [5.41, 5.74) is 21.0. The van der Waals surface area contributed by atoms with Crippen LogP contribution in [0.2, 0.25) is 0 Å². The highest BCUT2D eigenvalue weighted by molar-refractivity contribution is 5.87. The molecule has 10 aromatic rings. The predicted molar refractivity (Wildman–Crippen MR) is 279 cm³/mol. The quantitative estimate of drug-likeness (QED) is 0.150. The molecule has 0 saturated carbocycles. The summed E-state index contributed by atoms with van der Waals surface area (Å²) in [4.78, 5) is 20.8. The van der Waals surface area contributed by atoms with E-state index >= 15 is 0 Å². The summed E-state index contributed by atoms with van der Waals surface area (Å²) in [6.07, 6.45) is 12.0. The molecular weight excluding hydrogens is 865 g/mol. The van der Waals surface area contributed by atoms with Crippen molar-refractivity contribution >= 4 is 6.01 Å². The van der Waals surface area contributed by atoms with Crippen molar-refractivity contribution in [3.8, 4) is 44.9 Å². The maximum Gasteiger partial charge on any atom is 0.490 e. The lowest BCUT2D eigenvalue weighted by Crippen LogP contribution is -2.38. The third-order valence-electron chi connectivity index (χ3n) is 15.8. The zero-order valence-corrected chi connectivity index (χ0v) is 39.5. The molecule has 0 amide bonds. The highest BCUT2D eigenvalue weighted by atomic mass is 15.2. The monoisotopic (exact) mass is 910 g/mol. The van der Waals surface area contributed by atoms with Crippen molar-refractivity contribution in [2.75, 3.05) is 7.05 Å². The predicted octanol–water partition coefficient (Wildman–Crippen LogP) is 12.9. The molecule has 4 aromatic heterocycles. The first-order valence-electron chi connectivity index (χ1n) is 24.3. The smallest absolute Gasteiger partial charge is 0.260 e. The van der Waals surface area contributed by atoms with Crippen LogP contribution >= 0.6 is 0 Å². The summed E-state index contributed by atoms with van der Waals surface area (Å²) in [5.74, 6) is 0. The molecule has 6 nitrogen and oxygen atoms in total. The van der Waals surface area contributed by atoms with Gasteiger partial charge in [-0.1, -0.05) is 155 Å². The van der Waals surface area contributed by atoms with Gasteiger partial charge in [-0.3, -0.25) is 19.9 Å². The fourth-order valence-electron chi connectivity index (χ4n) is 13.1. The van der Waals surface area contributed by atoms with Crippen molar-refractivity contribution in [3.05, 3.63) is 298 Å². The van der Waals surface area contributed by atoms with Crippen molar-refractivity contribution in [1.29, 1.82) is 0 Å². The lowest BCUT2D eigenvalue weighted by Gasteiger charge is -2.37. The Labute approximate surface area is 413 Å². The van der Waals surface area contributed by atoms with Crippen LogP contribution in [0.25, 0.3) is 44.9 Å². The van der Waals surface area contributed by atoms with Gasteiger partial charge in [0.25, 0.3) is 5.54 Å². The molecule has 5 heterocycles. The third kappa shape index (κ3) is 5.43. The van der Waals surface area contributed by atoms with Gasteiger partial charge >= 0.3 is 6.01 Å². The Kier molecular flexibility index (Phi) is 8.83. The second kappa shape index (κ2) is 15.3. The van der Waals surface area contributed by atoms with Crippen LogP contribution in [-0.2, 0) is 16.4 Å². The van der Waals surface area contributed by atoms with Gasteiger partial charge in [0.2, 0.25) is 12.4 Å². The molecule has 0 radical (unpaired) electrons. The van der Waals surface area contributed by atoms with Gasteiger partial charge in [-0.05, 0) is 118 Å². The third-order valence-corrected chi connectivity index (χ3v) is 15.8. The molecule has 14 rings (SSSR count). The second-order valence-electron chi connectivity index (χ2n) is 19.3. The maximum atomic E-state index is 5.41. The first-order chi connectivity index (χ1) is 34.9. The first kappa shape index (κ1) is 41.1. The molecule has 3 aliphatic carbocycles. The topological polar surface area (TPSA) is 57.6 Å². The van der Waals surface area contributed by atoms with Crippen LogP contribution in [0.15, 0.2) is 225 Å². The lowest BCUT2D eigenvalue weighted by molar-refractivity contribution is -0.533. The van der Waals surface area contributed by atoms with Crippen molar-refractivity contribution in [2.45, 2.75) is 30.2 Å². The van der Waals surface area contributed by atoms with E-state index in [2.05, 4.69) is 225 Å². The number of benzene rings is 6. The van der Waals surface area contributed by atoms with Crippen LogP contribution < -0.4 is 0 Å². The van der Waals surface area contributed by atoms with Crippen LogP contribution in [0.4, 0.5) is 0 Å². The largest absolute Gasteiger partial charge is 0.490 e. The Balaban J connectivity index is 1.08. The lowest BCUT2D eigenvalue weighted by atomic mass is 9.64. The Morgan fingerprint density at radius 3 is 1.49 bits per heavy atom. The molecule has 0 spiro atoms. The average molecular weight is 911 g/mol. The van der Waals surface area contributed by atoms with E-state index in [-0.39, 0.29) is 0 Å². The molecule has 334 valence electrons. The molecule has 3 atom stereocenters. The van der Waals surface area contributed by atoms with Gasteiger partial charge in [-0.25, -0.2) is 0 Å². The van der Waals surface area contributed by atoms with Crippen molar-refractivity contribution in [3.63, 3.8) is 0 Å². The number of rotatable bonds is 7. The Morgan fingerprint density at radius 2 is 0.873 bits per heavy atom. The van der Waals surface area contributed by atoms with E-state index in [0.717, 1.165) is 95.1 Å². The van der Waals surface area contributed by atoms with Gasteiger partial charge in [0.05, 0.1) is 39.2 Å². The van der Waals surface area contributed by atoms with Gasteiger partial charge in [0, 0.05) is 52.6 Å². The van der Waals surface area contributed by atoms with Gasteiger partial charge < -0.3 is 0 Å². The van der Waals surface area contributed by atoms with E-state index in [1.807, 2.05) is 36.4 Å². The Hall–Kier alpha value is -8.96. The van der Waals surface area contributed by atoms with E-state index in [1.54, 1.807) is 0 Å². The molecule has 0 saturated heterocycles. The minimum atomic E-state index is -0.824. The Bertz CT molecular complexity index is 3850. The van der Waals surface area contributed by atoms with Gasteiger partial charge in [-0.2, -0.15) is 0 Å². The number of pyridine rings is 4. The van der Waals surface area contributed by atoms with Crippen LogP contribution in [0, 0.1) is 13.8 Å². The number of hydrogen-bond donors (Lipinski definition) is 0. The van der Waals surface area contributed by atoms with Crippen LogP contribution in [0.3, 0.4) is 0 Å². The SMILES string of the molecule is Cc1cccc(C)c1-c1ccnc(C2(c3cccc(C4(c5cccc(C6([N+]7=C=[N+](C)C=C7)c7ccccc7-c7ncccc76)c5)c5ccccc5-c5ncccc54)c3)c3ccccc3-c3ncccc32)c1. The standard InChI is InChI=1S/C65H46N6/c1-42-16-10-17-43(2)59(42)44-31-35-66-58(38-44)64(53-26-8-5-23-50(53)61-56(64)29-14-33-68-61)47-20-11-18-45(39-47)63(52-25-7-4-22-49(52)60-55(63)28-13-32-67-60)46-19-12-21-48(40-46)65(71-37-36-70(3)41-71)54-27-9-6-24-51(54)62-57(65)30-15-34-69-62/h4-40H,1-3H3/q+2. The Morgan fingerprint density at radius 1 is 0.394 bits per heavy atom. The number of fused-ring (bicyclic) bond motifs is 9. The minimum absolute atomic E-state index is 0.781. The number of aromatic nitrogens is 4. The maximum absolute atomic E-state index is 5.41. The van der Waals surface area contributed by atoms with Crippen LogP contribution in [0.5, 0.6) is 0 Å². The van der Waals surface area contributed by atoms with E-state index in [4.69, 9.17) is 19.9 Å². The average Bonchev–Trinajstić information content (AvgIpc) is 4.17. The van der Waals surface area contributed by atoms with E-state index < -0.39 is 16.4 Å². The molecule has 0 N–H and O–H groups in total. The van der Waals surface area contributed by atoms with E-state index in [9.17, 15) is 0 Å². The minimum Gasteiger partial charge on any atom is -0.260 e. The molecule has 0 fully saturated rings. The highest BCUT2D eigenvalue weighted by Crippen LogP contribution is 2.60. The fourth-order valence-corrected chi connectivity index (χ4v) is 13.1. The zero-order valence-electron chi connectivity index (χ0n) is 39.5. The highest BCUT2D eigenvalue weighted by Gasteiger charge is 2.58. The van der Waals surface area contributed by atoms with Crippen molar-refractivity contribution in [1.82, 2.24) is 19.9 Å². The second-order valence-corrected chi connectivity index (χ2v) is 19.3. The normalized spacial score (nSPS) is 19.5. The summed E-state index contributed by atoms with van der Waals surface area (Å²) in [6, 6.07) is 72.8.